The molecule has 0 aromatic heterocycles. The molecule has 1 aliphatic rings. The molecule has 1 aromatic rings. The Morgan fingerprint density at radius 1 is 1.50 bits per heavy atom. The summed E-state index contributed by atoms with van der Waals surface area (Å²) < 4.78 is 0. The number of amides is 1. The Kier molecular flexibility index (Phi) is 2.97. The van der Waals surface area contributed by atoms with Crippen LogP contribution in [0.25, 0.3) is 0 Å². The molecule has 0 saturated carbocycles. The molecule has 1 atom stereocenters. The zero-order valence-electron chi connectivity index (χ0n) is 9.28. The van der Waals surface area contributed by atoms with Crippen molar-refractivity contribution < 1.29 is 19.6 Å². The number of benzene rings is 1. The number of carboxylic acid groups (broad SMARTS) is 1. The molecule has 1 aliphatic heterocycles. The predicted molar refractivity (Wildman–Crippen MR) is 61.2 cm³/mol. The highest BCUT2D eigenvalue weighted by Gasteiger charge is 2.37. The topological polar surface area (TPSA) is 101 Å². The molecule has 1 fully saturated rings. The van der Waals surface area contributed by atoms with Gasteiger partial charge in [-0.25, -0.2) is 0 Å². The quantitative estimate of drug-likeness (QED) is 0.490. The Morgan fingerprint density at radius 2 is 2.22 bits per heavy atom. The molecule has 0 bridgehead atoms. The van der Waals surface area contributed by atoms with Crippen LogP contribution in [0.15, 0.2) is 24.3 Å². The lowest BCUT2D eigenvalue weighted by Crippen LogP contribution is -2.30. The first-order valence-electron chi connectivity index (χ1n) is 5.29. The van der Waals surface area contributed by atoms with E-state index in [1.807, 2.05) is 0 Å². The van der Waals surface area contributed by atoms with Crippen molar-refractivity contribution in [3.63, 3.8) is 0 Å². The number of anilines is 1. The number of nitro groups is 1. The number of carbonyl (C=O) groups excluding carboxylic acids is 1. The Bertz CT molecular complexity index is 528. The lowest BCUT2D eigenvalue weighted by Gasteiger charge is -2.15. The second kappa shape index (κ2) is 4.44. The summed E-state index contributed by atoms with van der Waals surface area (Å²) in [4.78, 5) is 34.0. The summed E-state index contributed by atoms with van der Waals surface area (Å²) in [7, 11) is 0. The maximum Gasteiger partial charge on any atom is 0.316 e. The molecule has 18 heavy (non-hydrogen) atoms. The highest BCUT2D eigenvalue weighted by atomic mass is 16.6. The highest BCUT2D eigenvalue weighted by molar-refractivity contribution is 6.07. The number of rotatable bonds is 3. The van der Waals surface area contributed by atoms with E-state index in [9.17, 15) is 19.7 Å². The van der Waals surface area contributed by atoms with Gasteiger partial charge >= 0.3 is 5.97 Å². The van der Waals surface area contributed by atoms with Gasteiger partial charge in [-0.15, -0.1) is 0 Å². The van der Waals surface area contributed by atoms with Crippen LogP contribution in [0.2, 0.25) is 0 Å². The maximum absolute atomic E-state index is 11.8. The Hall–Kier alpha value is -2.44. The first-order valence-corrected chi connectivity index (χ1v) is 5.29. The summed E-state index contributed by atoms with van der Waals surface area (Å²) >= 11 is 0. The Labute approximate surface area is 102 Å². The van der Waals surface area contributed by atoms with Crippen molar-refractivity contribution in [1.29, 1.82) is 0 Å². The minimum absolute atomic E-state index is 0.126. The molecule has 1 amide bonds. The van der Waals surface area contributed by atoms with Crippen LogP contribution in [-0.4, -0.2) is 28.5 Å². The minimum Gasteiger partial charge on any atom is -0.481 e. The zero-order chi connectivity index (χ0) is 13.3. The SMILES string of the molecule is O=C(O)C1CCN(c2cccc([N+](=O)[O-])c2)C1=O. The number of carbonyl (C=O) groups is 2. The normalized spacial score (nSPS) is 19.0. The lowest BCUT2D eigenvalue weighted by molar-refractivity contribution is -0.384. The molecule has 1 saturated heterocycles. The van der Waals surface area contributed by atoms with Gasteiger partial charge in [0.25, 0.3) is 5.69 Å². The highest BCUT2D eigenvalue weighted by Crippen LogP contribution is 2.27. The van der Waals surface area contributed by atoms with E-state index in [0.29, 0.717) is 5.69 Å². The molecule has 1 aromatic carbocycles. The number of hydrogen-bond donors (Lipinski definition) is 1. The molecular weight excluding hydrogens is 240 g/mol. The fraction of sp³-hybridized carbons (Fsp3) is 0.273. The largest absolute Gasteiger partial charge is 0.481 e. The van der Waals surface area contributed by atoms with Gasteiger partial charge in [0.05, 0.1) is 10.6 Å². The van der Waals surface area contributed by atoms with E-state index >= 15 is 0 Å². The fourth-order valence-corrected chi connectivity index (χ4v) is 1.94. The van der Waals surface area contributed by atoms with Gasteiger partial charge in [-0.1, -0.05) is 6.07 Å². The molecule has 7 nitrogen and oxygen atoms in total. The molecule has 0 spiro atoms. The number of nitro benzene ring substituents is 1. The van der Waals surface area contributed by atoms with Crippen molar-refractivity contribution in [3.8, 4) is 0 Å². The van der Waals surface area contributed by atoms with Gasteiger partial charge < -0.3 is 10.0 Å². The number of nitrogens with zero attached hydrogens (tertiary/aromatic N) is 2. The van der Waals surface area contributed by atoms with Crippen molar-refractivity contribution in [2.24, 2.45) is 5.92 Å². The maximum atomic E-state index is 11.8. The third-order valence-corrected chi connectivity index (χ3v) is 2.86. The van der Waals surface area contributed by atoms with Crippen LogP contribution >= 0.6 is 0 Å². The third kappa shape index (κ3) is 2.02. The molecule has 1 N–H and O–H groups in total. The van der Waals surface area contributed by atoms with Gasteiger partial charge in [-0.2, -0.15) is 0 Å². The molecule has 7 heteroatoms. The van der Waals surface area contributed by atoms with Crippen molar-refractivity contribution >= 4 is 23.3 Å². The Balaban J connectivity index is 2.28. The van der Waals surface area contributed by atoms with Gasteiger partial charge in [0.2, 0.25) is 5.91 Å². The van der Waals surface area contributed by atoms with Gasteiger partial charge in [-0.3, -0.25) is 19.7 Å². The second-order valence-electron chi connectivity index (χ2n) is 3.95. The summed E-state index contributed by atoms with van der Waals surface area (Å²) in [5.74, 6) is -2.74. The average Bonchev–Trinajstić information content (AvgIpc) is 2.71. The molecule has 0 aliphatic carbocycles. The van der Waals surface area contributed by atoms with E-state index in [1.165, 1.54) is 23.1 Å². The smallest absolute Gasteiger partial charge is 0.316 e. The van der Waals surface area contributed by atoms with Gasteiger partial charge in [0, 0.05) is 18.7 Å². The van der Waals surface area contributed by atoms with E-state index in [1.54, 1.807) is 6.07 Å². The van der Waals surface area contributed by atoms with Crippen LogP contribution in [0.1, 0.15) is 6.42 Å². The number of carboxylic acids is 1. The van der Waals surface area contributed by atoms with E-state index in [-0.39, 0.29) is 18.7 Å². The van der Waals surface area contributed by atoms with Crippen LogP contribution in [0.4, 0.5) is 11.4 Å². The van der Waals surface area contributed by atoms with Crippen LogP contribution < -0.4 is 4.90 Å². The van der Waals surface area contributed by atoms with E-state index < -0.39 is 22.7 Å². The summed E-state index contributed by atoms with van der Waals surface area (Å²) in [5.41, 5.74) is 0.233. The third-order valence-electron chi connectivity index (χ3n) is 2.86. The summed E-state index contributed by atoms with van der Waals surface area (Å²) in [6.07, 6.45) is 0.219. The zero-order valence-corrected chi connectivity index (χ0v) is 9.28. The number of hydrogen-bond acceptors (Lipinski definition) is 4. The molecule has 1 unspecified atom stereocenters. The Morgan fingerprint density at radius 3 is 2.78 bits per heavy atom. The van der Waals surface area contributed by atoms with Gasteiger partial charge in [-0.05, 0) is 12.5 Å². The monoisotopic (exact) mass is 250 g/mol. The predicted octanol–water partition coefficient (Wildman–Crippen LogP) is 1.03. The van der Waals surface area contributed by atoms with Crippen LogP contribution in [-0.2, 0) is 9.59 Å². The standard InChI is InChI=1S/C11H10N2O5/c14-10-9(11(15)16)4-5-12(10)7-2-1-3-8(6-7)13(17)18/h1-3,6,9H,4-5H2,(H,15,16). The van der Waals surface area contributed by atoms with Crippen LogP contribution in [0.5, 0.6) is 0 Å². The van der Waals surface area contributed by atoms with Crippen LogP contribution in [0.3, 0.4) is 0 Å². The van der Waals surface area contributed by atoms with Gasteiger partial charge in [0.15, 0.2) is 0 Å². The fourth-order valence-electron chi connectivity index (χ4n) is 1.94. The molecular formula is C11H10N2O5. The summed E-state index contributed by atoms with van der Waals surface area (Å²) in [6.45, 7) is 0.261. The molecule has 1 heterocycles. The molecule has 2 rings (SSSR count). The summed E-state index contributed by atoms with van der Waals surface area (Å²) in [6, 6.07) is 5.60. The first kappa shape index (κ1) is 12.0. The van der Waals surface area contributed by atoms with Crippen molar-refractivity contribution in [3.05, 3.63) is 34.4 Å². The van der Waals surface area contributed by atoms with Crippen LogP contribution in [0, 0.1) is 16.0 Å². The second-order valence-corrected chi connectivity index (χ2v) is 3.95. The number of non-ortho nitro benzene ring substituents is 1. The van der Waals surface area contributed by atoms with E-state index in [4.69, 9.17) is 5.11 Å². The van der Waals surface area contributed by atoms with Crippen molar-refractivity contribution in [2.75, 3.05) is 11.4 Å². The average molecular weight is 250 g/mol. The first-order chi connectivity index (χ1) is 8.50. The van der Waals surface area contributed by atoms with E-state index in [0.717, 1.165) is 0 Å². The minimum atomic E-state index is -1.16. The lowest BCUT2D eigenvalue weighted by atomic mass is 10.1. The van der Waals surface area contributed by atoms with Gasteiger partial charge in [0.1, 0.15) is 5.92 Å². The molecule has 94 valence electrons. The van der Waals surface area contributed by atoms with Crippen molar-refractivity contribution in [1.82, 2.24) is 0 Å². The number of aliphatic carboxylic acids is 1. The summed E-state index contributed by atoms with van der Waals surface area (Å²) in [5, 5.41) is 19.5. The molecule has 0 radical (unpaired) electrons. The van der Waals surface area contributed by atoms with Crippen molar-refractivity contribution in [2.45, 2.75) is 6.42 Å². The van der Waals surface area contributed by atoms with E-state index in [2.05, 4.69) is 0 Å².